The van der Waals surface area contributed by atoms with E-state index in [2.05, 4.69) is 0 Å². The smallest absolute Gasteiger partial charge is 0.135 e. The SMILES string of the molecule is Cc1ccc(F)c(C(O)c2cccc3ccsc23)c1F. The number of aliphatic hydroxyl groups excluding tert-OH is 1. The molecule has 1 heterocycles. The number of aryl methyl sites for hydroxylation is 1. The number of halogens is 2. The molecule has 0 amide bonds. The Kier molecular flexibility index (Phi) is 3.28. The van der Waals surface area contributed by atoms with Gasteiger partial charge in [0.05, 0.1) is 5.56 Å². The predicted molar refractivity (Wildman–Crippen MR) is 77.0 cm³/mol. The normalized spacial score (nSPS) is 12.8. The number of thiophene rings is 1. The molecular formula is C16H12F2OS. The van der Waals surface area contributed by atoms with Crippen molar-refractivity contribution >= 4 is 21.4 Å². The van der Waals surface area contributed by atoms with Gasteiger partial charge in [-0.3, -0.25) is 0 Å². The topological polar surface area (TPSA) is 20.2 Å². The summed E-state index contributed by atoms with van der Waals surface area (Å²) in [7, 11) is 0. The molecule has 2 aromatic carbocycles. The summed E-state index contributed by atoms with van der Waals surface area (Å²) in [6.45, 7) is 1.55. The van der Waals surface area contributed by atoms with Crippen LogP contribution in [0.2, 0.25) is 0 Å². The van der Waals surface area contributed by atoms with E-state index in [1.807, 2.05) is 17.5 Å². The summed E-state index contributed by atoms with van der Waals surface area (Å²) in [5.74, 6) is -1.42. The Morgan fingerprint density at radius 1 is 1.10 bits per heavy atom. The van der Waals surface area contributed by atoms with Crippen molar-refractivity contribution in [1.29, 1.82) is 0 Å². The van der Waals surface area contributed by atoms with Crippen LogP contribution in [0.3, 0.4) is 0 Å². The van der Waals surface area contributed by atoms with E-state index in [9.17, 15) is 13.9 Å². The van der Waals surface area contributed by atoms with Gasteiger partial charge >= 0.3 is 0 Å². The highest BCUT2D eigenvalue weighted by atomic mass is 32.1. The monoisotopic (exact) mass is 290 g/mol. The van der Waals surface area contributed by atoms with Gasteiger partial charge in [-0.05, 0) is 35.4 Å². The Balaban J connectivity index is 2.21. The quantitative estimate of drug-likeness (QED) is 0.733. The van der Waals surface area contributed by atoms with Crippen LogP contribution in [-0.2, 0) is 0 Å². The van der Waals surface area contributed by atoms with Crippen molar-refractivity contribution in [1.82, 2.24) is 0 Å². The van der Waals surface area contributed by atoms with E-state index in [1.54, 1.807) is 19.1 Å². The molecule has 0 aliphatic rings. The van der Waals surface area contributed by atoms with Crippen LogP contribution in [0.25, 0.3) is 10.1 Å². The molecule has 4 heteroatoms. The van der Waals surface area contributed by atoms with Crippen LogP contribution >= 0.6 is 11.3 Å². The molecule has 1 nitrogen and oxygen atoms in total. The van der Waals surface area contributed by atoms with Crippen molar-refractivity contribution in [2.24, 2.45) is 0 Å². The largest absolute Gasteiger partial charge is 0.383 e. The molecule has 0 radical (unpaired) electrons. The number of aliphatic hydroxyl groups is 1. The predicted octanol–water partition coefficient (Wildman–Crippen LogP) is 4.57. The molecule has 0 saturated carbocycles. The molecule has 20 heavy (non-hydrogen) atoms. The minimum absolute atomic E-state index is 0.286. The molecule has 1 aromatic heterocycles. The fourth-order valence-corrected chi connectivity index (χ4v) is 3.25. The lowest BCUT2D eigenvalue weighted by atomic mass is 9.98. The molecule has 0 spiro atoms. The van der Waals surface area contributed by atoms with E-state index in [0.717, 1.165) is 10.1 Å². The van der Waals surface area contributed by atoms with E-state index >= 15 is 0 Å². The zero-order valence-corrected chi connectivity index (χ0v) is 11.5. The Hall–Kier alpha value is -1.78. The van der Waals surface area contributed by atoms with Gasteiger partial charge < -0.3 is 5.11 Å². The van der Waals surface area contributed by atoms with E-state index < -0.39 is 17.7 Å². The highest BCUT2D eigenvalue weighted by Gasteiger charge is 2.22. The molecule has 0 aliphatic carbocycles. The van der Waals surface area contributed by atoms with Crippen LogP contribution in [0.4, 0.5) is 8.78 Å². The van der Waals surface area contributed by atoms with Crippen molar-refractivity contribution in [3.8, 4) is 0 Å². The first-order valence-electron chi connectivity index (χ1n) is 6.18. The first kappa shape index (κ1) is 13.2. The number of hydrogen-bond donors (Lipinski definition) is 1. The second-order valence-corrected chi connectivity index (χ2v) is 5.60. The van der Waals surface area contributed by atoms with Crippen LogP contribution in [0.15, 0.2) is 41.8 Å². The average Bonchev–Trinajstić information content (AvgIpc) is 2.91. The van der Waals surface area contributed by atoms with E-state index in [-0.39, 0.29) is 5.56 Å². The molecule has 0 bridgehead atoms. The van der Waals surface area contributed by atoms with Crippen LogP contribution in [0.1, 0.15) is 22.8 Å². The first-order valence-corrected chi connectivity index (χ1v) is 7.06. The minimum Gasteiger partial charge on any atom is -0.383 e. The van der Waals surface area contributed by atoms with Gasteiger partial charge in [-0.25, -0.2) is 8.78 Å². The summed E-state index contributed by atoms with van der Waals surface area (Å²) in [4.78, 5) is 0. The lowest BCUT2D eigenvalue weighted by molar-refractivity contribution is 0.210. The van der Waals surface area contributed by atoms with Crippen molar-refractivity contribution in [2.75, 3.05) is 0 Å². The lowest BCUT2D eigenvalue weighted by Crippen LogP contribution is -2.07. The van der Waals surface area contributed by atoms with Crippen molar-refractivity contribution < 1.29 is 13.9 Å². The summed E-state index contributed by atoms with van der Waals surface area (Å²) in [5, 5.41) is 13.3. The lowest BCUT2D eigenvalue weighted by Gasteiger charge is -2.15. The summed E-state index contributed by atoms with van der Waals surface area (Å²) >= 11 is 1.45. The fourth-order valence-electron chi connectivity index (χ4n) is 2.32. The third kappa shape index (κ3) is 2.01. The highest BCUT2D eigenvalue weighted by molar-refractivity contribution is 7.17. The number of fused-ring (bicyclic) bond motifs is 1. The van der Waals surface area contributed by atoms with E-state index in [1.165, 1.54) is 23.5 Å². The molecule has 0 fully saturated rings. The molecule has 1 N–H and O–H groups in total. The highest BCUT2D eigenvalue weighted by Crippen LogP contribution is 2.34. The Morgan fingerprint density at radius 2 is 1.90 bits per heavy atom. The number of benzene rings is 2. The van der Waals surface area contributed by atoms with Crippen LogP contribution in [-0.4, -0.2) is 5.11 Å². The molecule has 1 atom stereocenters. The Bertz CT molecular complexity index is 779. The average molecular weight is 290 g/mol. The second kappa shape index (κ2) is 4.96. The molecule has 102 valence electrons. The van der Waals surface area contributed by atoms with Gasteiger partial charge in [-0.15, -0.1) is 11.3 Å². The van der Waals surface area contributed by atoms with Crippen LogP contribution < -0.4 is 0 Å². The summed E-state index contributed by atoms with van der Waals surface area (Å²) in [5.41, 5.74) is 0.561. The molecule has 0 saturated heterocycles. The second-order valence-electron chi connectivity index (χ2n) is 4.68. The van der Waals surface area contributed by atoms with Gasteiger partial charge in [0.15, 0.2) is 0 Å². The third-order valence-corrected chi connectivity index (χ3v) is 4.38. The van der Waals surface area contributed by atoms with E-state index in [4.69, 9.17) is 0 Å². The zero-order valence-electron chi connectivity index (χ0n) is 10.7. The van der Waals surface area contributed by atoms with Crippen molar-refractivity contribution in [2.45, 2.75) is 13.0 Å². The maximum Gasteiger partial charge on any atom is 0.135 e. The molecule has 3 rings (SSSR count). The standard InChI is InChI=1S/C16H12F2OS/c1-9-5-6-12(17)13(14(9)18)15(19)11-4-2-3-10-7-8-20-16(10)11/h2-8,15,19H,1H3. The molecule has 3 aromatic rings. The van der Waals surface area contributed by atoms with Crippen molar-refractivity contribution in [3.63, 3.8) is 0 Å². The van der Waals surface area contributed by atoms with Gasteiger partial charge in [-0.1, -0.05) is 24.3 Å². The molecule has 0 aliphatic heterocycles. The maximum absolute atomic E-state index is 14.1. The molecular weight excluding hydrogens is 278 g/mol. The van der Waals surface area contributed by atoms with Gasteiger partial charge in [0.1, 0.15) is 17.7 Å². The maximum atomic E-state index is 14.1. The molecule has 1 unspecified atom stereocenters. The van der Waals surface area contributed by atoms with Gasteiger partial charge in [0.2, 0.25) is 0 Å². The van der Waals surface area contributed by atoms with Gasteiger partial charge in [0, 0.05) is 10.3 Å². The van der Waals surface area contributed by atoms with Crippen LogP contribution in [0, 0.1) is 18.6 Å². The third-order valence-electron chi connectivity index (χ3n) is 3.40. The minimum atomic E-state index is -1.31. The zero-order chi connectivity index (χ0) is 14.3. The van der Waals surface area contributed by atoms with Crippen LogP contribution in [0.5, 0.6) is 0 Å². The summed E-state index contributed by atoms with van der Waals surface area (Å²) in [6.07, 6.45) is -1.31. The number of hydrogen-bond acceptors (Lipinski definition) is 2. The van der Waals surface area contributed by atoms with Crippen molar-refractivity contribution in [3.05, 3.63) is 70.1 Å². The first-order chi connectivity index (χ1) is 9.59. The van der Waals surface area contributed by atoms with E-state index in [0.29, 0.717) is 11.1 Å². The number of rotatable bonds is 2. The summed E-state index contributed by atoms with van der Waals surface area (Å²) in [6, 6.07) is 9.85. The summed E-state index contributed by atoms with van der Waals surface area (Å²) < 4.78 is 28.9. The van der Waals surface area contributed by atoms with Gasteiger partial charge in [-0.2, -0.15) is 0 Å². The van der Waals surface area contributed by atoms with Gasteiger partial charge in [0.25, 0.3) is 0 Å². The fraction of sp³-hybridized carbons (Fsp3) is 0.125. The Labute approximate surface area is 119 Å². The Morgan fingerprint density at radius 3 is 2.70 bits per heavy atom.